The molecule has 0 bridgehead atoms. The summed E-state index contributed by atoms with van der Waals surface area (Å²) < 4.78 is 7.50. The first kappa shape index (κ1) is 22.9. The molecule has 0 radical (unpaired) electrons. The Morgan fingerprint density at radius 2 is 1.84 bits per heavy atom. The van der Waals surface area contributed by atoms with Crippen molar-refractivity contribution in [1.29, 1.82) is 0 Å². The third kappa shape index (κ3) is 6.87. The van der Waals surface area contributed by atoms with Crippen LogP contribution < -0.4 is 15.4 Å². The topological polar surface area (TPSA) is 83.8 Å². The molecule has 0 unspecified atom stereocenters. The second kappa shape index (κ2) is 11.5. The number of nitrogens with zero attached hydrogens (tertiary/aromatic N) is 4. The highest BCUT2D eigenvalue weighted by Gasteiger charge is 2.07. The van der Waals surface area contributed by atoms with Gasteiger partial charge in [0.2, 0.25) is 0 Å². The minimum atomic E-state index is -0.0778. The van der Waals surface area contributed by atoms with E-state index in [1.165, 1.54) is 16.0 Å². The fourth-order valence-corrected chi connectivity index (χ4v) is 3.06. The minimum Gasteiger partial charge on any atom is -0.484 e. The van der Waals surface area contributed by atoms with Gasteiger partial charge in [0, 0.05) is 46.6 Å². The first-order valence-corrected chi connectivity index (χ1v) is 10.5. The molecule has 0 aliphatic carbocycles. The van der Waals surface area contributed by atoms with Gasteiger partial charge in [0.15, 0.2) is 12.6 Å². The molecule has 0 aliphatic heterocycles. The summed E-state index contributed by atoms with van der Waals surface area (Å²) in [7, 11) is 5.16. The fourth-order valence-electron chi connectivity index (χ4n) is 3.06. The Kier molecular flexibility index (Phi) is 8.25. The summed E-state index contributed by atoms with van der Waals surface area (Å²) in [4.78, 5) is 17.5. The molecule has 0 fully saturated rings. The van der Waals surface area contributed by atoms with E-state index in [2.05, 4.69) is 32.9 Å². The summed E-state index contributed by atoms with van der Waals surface area (Å²) in [5, 5.41) is 11.0. The standard InChI is InChI=1S/C24H30N6O2/c1-25-24(26-15-19-8-6-11-22(14-19)32-18-23(31)29(2)3)27-16-20-9-4-5-10-21(20)17-30-13-7-12-28-30/h4-14H,15-18H2,1-3H3,(H2,25,26,27). The molecular weight excluding hydrogens is 404 g/mol. The predicted molar refractivity (Wildman–Crippen MR) is 125 cm³/mol. The highest BCUT2D eigenvalue weighted by atomic mass is 16.5. The number of guanidine groups is 1. The van der Waals surface area contributed by atoms with E-state index >= 15 is 0 Å². The van der Waals surface area contributed by atoms with Crippen molar-refractivity contribution in [2.24, 2.45) is 4.99 Å². The van der Waals surface area contributed by atoms with Crippen LogP contribution in [0.1, 0.15) is 16.7 Å². The fraction of sp³-hybridized carbons (Fsp3) is 0.292. The van der Waals surface area contributed by atoms with Crippen molar-refractivity contribution in [2.75, 3.05) is 27.7 Å². The lowest BCUT2D eigenvalue weighted by Crippen LogP contribution is -2.36. The molecule has 0 atom stereocenters. The number of aliphatic imine (C=N–C) groups is 1. The van der Waals surface area contributed by atoms with Crippen molar-refractivity contribution in [3.05, 3.63) is 83.7 Å². The Hall–Kier alpha value is -3.81. The van der Waals surface area contributed by atoms with Gasteiger partial charge in [-0.3, -0.25) is 14.5 Å². The van der Waals surface area contributed by atoms with Crippen LogP contribution in [0.2, 0.25) is 0 Å². The number of nitrogens with one attached hydrogen (secondary N) is 2. The average Bonchev–Trinajstić information content (AvgIpc) is 3.32. The van der Waals surface area contributed by atoms with Crippen molar-refractivity contribution in [2.45, 2.75) is 19.6 Å². The summed E-state index contributed by atoms with van der Waals surface area (Å²) in [5.41, 5.74) is 3.42. The molecule has 8 nitrogen and oxygen atoms in total. The van der Waals surface area contributed by atoms with E-state index in [-0.39, 0.29) is 12.5 Å². The van der Waals surface area contributed by atoms with Crippen molar-refractivity contribution >= 4 is 11.9 Å². The number of aromatic nitrogens is 2. The van der Waals surface area contributed by atoms with Crippen molar-refractivity contribution in [3.63, 3.8) is 0 Å². The van der Waals surface area contributed by atoms with Gasteiger partial charge in [0.25, 0.3) is 5.91 Å². The van der Waals surface area contributed by atoms with Crippen molar-refractivity contribution in [1.82, 2.24) is 25.3 Å². The lowest BCUT2D eigenvalue weighted by molar-refractivity contribution is -0.130. The van der Waals surface area contributed by atoms with Crippen LogP contribution in [0.5, 0.6) is 5.75 Å². The number of carbonyl (C=O) groups is 1. The molecule has 1 amide bonds. The zero-order chi connectivity index (χ0) is 22.8. The highest BCUT2D eigenvalue weighted by Crippen LogP contribution is 2.13. The molecule has 2 N–H and O–H groups in total. The van der Waals surface area contributed by atoms with Gasteiger partial charge < -0.3 is 20.3 Å². The Morgan fingerprint density at radius 1 is 1.06 bits per heavy atom. The van der Waals surface area contributed by atoms with Gasteiger partial charge in [-0.1, -0.05) is 36.4 Å². The monoisotopic (exact) mass is 434 g/mol. The second-order valence-electron chi connectivity index (χ2n) is 7.48. The molecule has 2 aromatic carbocycles. The van der Waals surface area contributed by atoms with E-state index in [1.54, 1.807) is 27.3 Å². The maximum absolute atomic E-state index is 11.7. The van der Waals surface area contributed by atoms with Crippen LogP contribution in [-0.4, -0.2) is 54.3 Å². The minimum absolute atomic E-state index is 0.0189. The number of rotatable bonds is 9. The zero-order valence-electron chi connectivity index (χ0n) is 18.8. The van der Waals surface area contributed by atoms with Gasteiger partial charge >= 0.3 is 0 Å². The summed E-state index contributed by atoms with van der Waals surface area (Å²) in [6, 6.07) is 17.9. The van der Waals surface area contributed by atoms with Crippen LogP contribution in [0.15, 0.2) is 72.0 Å². The molecule has 0 aliphatic rings. The van der Waals surface area contributed by atoms with Crippen molar-refractivity contribution < 1.29 is 9.53 Å². The van der Waals surface area contributed by atoms with Gasteiger partial charge in [-0.15, -0.1) is 0 Å². The summed E-state index contributed by atoms with van der Waals surface area (Å²) in [5.74, 6) is 1.29. The molecular formula is C24H30N6O2. The van der Waals surface area contributed by atoms with Crippen LogP contribution in [0.4, 0.5) is 0 Å². The van der Waals surface area contributed by atoms with E-state index < -0.39 is 0 Å². The molecule has 0 saturated heterocycles. The van der Waals surface area contributed by atoms with Gasteiger partial charge in [0.05, 0.1) is 6.54 Å². The van der Waals surface area contributed by atoms with Gasteiger partial charge in [-0.25, -0.2) is 0 Å². The third-order valence-corrected chi connectivity index (χ3v) is 4.90. The maximum atomic E-state index is 11.7. The van der Waals surface area contributed by atoms with Gasteiger partial charge in [-0.2, -0.15) is 5.10 Å². The largest absolute Gasteiger partial charge is 0.484 e. The quantitative estimate of drug-likeness (QED) is 0.399. The van der Waals surface area contributed by atoms with Crippen LogP contribution in [0, 0.1) is 0 Å². The molecule has 1 heterocycles. The van der Waals surface area contributed by atoms with E-state index in [0.717, 1.165) is 12.1 Å². The zero-order valence-corrected chi connectivity index (χ0v) is 18.8. The van der Waals surface area contributed by atoms with Gasteiger partial charge in [0.1, 0.15) is 5.75 Å². The highest BCUT2D eigenvalue weighted by molar-refractivity contribution is 5.79. The number of ether oxygens (including phenoxy) is 1. The summed E-state index contributed by atoms with van der Waals surface area (Å²) in [6.45, 7) is 1.96. The number of hydrogen-bond acceptors (Lipinski definition) is 4. The molecule has 3 rings (SSSR count). The predicted octanol–water partition coefficient (Wildman–Crippen LogP) is 2.26. The van der Waals surface area contributed by atoms with E-state index in [1.807, 2.05) is 53.3 Å². The third-order valence-electron chi connectivity index (χ3n) is 4.90. The first-order valence-electron chi connectivity index (χ1n) is 10.5. The number of carbonyl (C=O) groups excluding carboxylic acids is 1. The maximum Gasteiger partial charge on any atom is 0.259 e. The Labute approximate surface area is 188 Å². The van der Waals surface area contributed by atoms with E-state index in [4.69, 9.17) is 4.74 Å². The van der Waals surface area contributed by atoms with Crippen LogP contribution in [-0.2, 0) is 24.4 Å². The summed E-state index contributed by atoms with van der Waals surface area (Å²) >= 11 is 0. The first-order chi connectivity index (χ1) is 15.5. The second-order valence-corrected chi connectivity index (χ2v) is 7.48. The molecule has 3 aromatic rings. The molecule has 0 saturated carbocycles. The Morgan fingerprint density at radius 3 is 2.56 bits per heavy atom. The molecule has 168 valence electrons. The lowest BCUT2D eigenvalue weighted by Gasteiger charge is -2.15. The normalized spacial score (nSPS) is 11.2. The molecule has 1 aromatic heterocycles. The molecule has 8 heteroatoms. The van der Waals surface area contributed by atoms with Crippen LogP contribution >= 0.6 is 0 Å². The Bertz CT molecular complexity index is 1030. The van der Waals surface area contributed by atoms with Gasteiger partial charge in [-0.05, 0) is 34.9 Å². The number of amides is 1. The number of hydrogen-bond donors (Lipinski definition) is 2. The Balaban J connectivity index is 1.53. The lowest BCUT2D eigenvalue weighted by atomic mass is 10.1. The van der Waals surface area contributed by atoms with E-state index in [9.17, 15) is 4.79 Å². The molecule has 32 heavy (non-hydrogen) atoms. The number of benzene rings is 2. The SMILES string of the molecule is CN=C(NCc1cccc(OCC(=O)N(C)C)c1)NCc1ccccc1Cn1cccn1. The number of likely N-dealkylation sites (N-methyl/N-ethyl adjacent to an activating group) is 1. The molecule has 0 spiro atoms. The van der Waals surface area contributed by atoms with Crippen LogP contribution in [0.25, 0.3) is 0 Å². The average molecular weight is 435 g/mol. The smallest absolute Gasteiger partial charge is 0.259 e. The van der Waals surface area contributed by atoms with Crippen LogP contribution in [0.3, 0.4) is 0 Å². The summed E-state index contributed by atoms with van der Waals surface area (Å²) in [6.07, 6.45) is 3.74. The van der Waals surface area contributed by atoms with Crippen molar-refractivity contribution in [3.8, 4) is 5.75 Å². The van der Waals surface area contributed by atoms with E-state index in [0.29, 0.717) is 24.8 Å².